The molecule has 0 saturated heterocycles. The van der Waals surface area contributed by atoms with Crippen LogP contribution in [0.4, 0.5) is 0 Å². The van der Waals surface area contributed by atoms with Crippen LogP contribution in [0.15, 0.2) is 16.6 Å². The van der Waals surface area contributed by atoms with Gasteiger partial charge in [0.1, 0.15) is 0 Å². The predicted octanol–water partition coefficient (Wildman–Crippen LogP) is 2.38. The van der Waals surface area contributed by atoms with Crippen LogP contribution in [-0.2, 0) is 16.0 Å². The fourth-order valence-electron chi connectivity index (χ4n) is 1.84. The minimum atomic E-state index is -0.229. The molecule has 1 unspecified atom stereocenters. The van der Waals surface area contributed by atoms with E-state index in [1.54, 1.807) is 19.1 Å². The van der Waals surface area contributed by atoms with Crippen LogP contribution in [0.3, 0.4) is 0 Å². The van der Waals surface area contributed by atoms with Crippen LogP contribution >= 0.6 is 15.9 Å². The lowest BCUT2D eigenvalue weighted by molar-refractivity contribution is -0.143. The van der Waals surface area contributed by atoms with Crippen molar-refractivity contribution in [1.82, 2.24) is 0 Å². The first kappa shape index (κ1) is 16.8. The van der Waals surface area contributed by atoms with Crippen LogP contribution in [0.2, 0.25) is 0 Å². The summed E-state index contributed by atoms with van der Waals surface area (Å²) >= 11 is 3.27. The van der Waals surface area contributed by atoms with Gasteiger partial charge >= 0.3 is 5.97 Å². The predicted molar refractivity (Wildman–Crippen MR) is 79.9 cm³/mol. The first-order valence-corrected chi connectivity index (χ1v) is 7.23. The standard InChI is InChI=1S/C14H20BrNO4/c1-3-20-13(17)5-4-10(16)6-9-7-11(15)14(18)12(8-9)19-2/h7-8,10,18H,3-6,16H2,1-2H3. The Morgan fingerprint density at radius 2 is 2.20 bits per heavy atom. The zero-order chi connectivity index (χ0) is 15.1. The van der Waals surface area contributed by atoms with Crippen molar-refractivity contribution in [3.05, 3.63) is 22.2 Å². The molecule has 1 aromatic carbocycles. The number of hydrogen-bond acceptors (Lipinski definition) is 5. The molecule has 0 heterocycles. The lowest BCUT2D eigenvalue weighted by Gasteiger charge is -2.13. The second-order valence-corrected chi connectivity index (χ2v) is 5.29. The van der Waals surface area contributed by atoms with Gasteiger partial charge in [0, 0.05) is 12.5 Å². The van der Waals surface area contributed by atoms with Gasteiger partial charge in [0.05, 0.1) is 18.2 Å². The SMILES string of the molecule is CCOC(=O)CCC(N)Cc1cc(Br)c(O)c(OC)c1. The maximum atomic E-state index is 11.3. The second-order valence-electron chi connectivity index (χ2n) is 4.44. The minimum Gasteiger partial charge on any atom is -0.503 e. The molecule has 0 fully saturated rings. The molecule has 0 aromatic heterocycles. The molecule has 1 atom stereocenters. The number of carbonyl (C=O) groups excluding carboxylic acids is 1. The third-order valence-corrected chi connectivity index (χ3v) is 3.44. The molecular formula is C14H20BrNO4. The number of rotatable bonds is 7. The Labute approximate surface area is 127 Å². The first-order chi connectivity index (χ1) is 9.47. The van der Waals surface area contributed by atoms with Gasteiger partial charge in [-0.3, -0.25) is 4.79 Å². The van der Waals surface area contributed by atoms with Crippen LogP contribution < -0.4 is 10.5 Å². The quantitative estimate of drug-likeness (QED) is 0.741. The van der Waals surface area contributed by atoms with Gasteiger partial charge in [-0.15, -0.1) is 0 Å². The molecule has 0 bridgehead atoms. The van der Waals surface area contributed by atoms with Crippen molar-refractivity contribution in [2.75, 3.05) is 13.7 Å². The molecule has 0 aliphatic carbocycles. The zero-order valence-electron chi connectivity index (χ0n) is 11.7. The Balaban J connectivity index is 2.60. The molecule has 20 heavy (non-hydrogen) atoms. The highest BCUT2D eigenvalue weighted by Gasteiger charge is 2.12. The molecule has 5 nitrogen and oxygen atoms in total. The van der Waals surface area contributed by atoms with Gasteiger partial charge in [0.25, 0.3) is 0 Å². The average molecular weight is 346 g/mol. The topological polar surface area (TPSA) is 81.8 Å². The summed E-state index contributed by atoms with van der Waals surface area (Å²) in [6, 6.07) is 3.38. The van der Waals surface area contributed by atoms with Crippen molar-refractivity contribution in [3.8, 4) is 11.5 Å². The fourth-order valence-corrected chi connectivity index (χ4v) is 2.33. The average Bonchev–Trinajstić information content (AvgIpc) is 2.40. The number of esters is 1. The number of carbonyl (C=O) groups is 1. The number of halogens is 1. The zero-order valence-corrected chi connectivity index (χ0v) is 13.3. The van der Waals surface area contributed by atoms with E-state index in [1.807, 2.05) is 0 Å². The number of nitrogens with two attached hydrogens (primary N) is 1. The van der Waals surface area contributed by atoms with Gasteiger partial charge in [0.15, 0.2) is 11.5 Å². The largest absolute Gasteiger partial charge is 0.503 e. The summed E-state index contributed by atoms with van der Waals surface area (Å²) in [5.41, 5.74) is 6.94. The Hall–Kier alpha value is -1.27. The van der Waals surface area contributed by atoms with E-state index in [1.165, 1.54) is 7.11 Å². The highest BCUT2D eigenvalue weighted by atomic mass is 79.9. The molecule has 0 spiro atoms. The third kappa shape index (κ3) is 5.02. The van der Waals surface area contributed by atoms with Gasteiger partial charge in [-0.05, 0) is 53.4 Å². The summed E-state index contributed by atoms with van der Waals surface area (Å²) in [7, 11) is 1.49. The van der Waals surface area contributed by atoms with E-state index in [-0.39, 0.29) is 17.8 Å². The van der Waals surface area contributed by atoms with Crippen LogP contribution in [0.1, 0.15) is 25.3 Å². The molecule has 0 amide bonds. The second kappa shape index (κ2) is 8.11. The van der Waals surface area contributed by atoms with Crippen molar-refractivity contribution >= 4 is 21.9 Å². The molecule has 3 N–H and O–H groups in total. The van der Waals surface area contributed by atoms with E-state index in [4.69, 9.17) is 15.2 Å². The molecule has 0 saturated carbocycles. The molecular weight excluding hydrogens is 326 g/mol. The van der Waals surface area contributed by atoms with Crippen LogP contribution in [0.25, 0.3) is 0 Å². The van der Waals surface area contributed by atoms with Crippen molar-refractivity contribution in [3.63, 3.8) is 0 Å². The van der Waals surface area contributed by atoms with Gasteiger partial charge in [0.2, 0.25) is 0 Å². The monoisotopic (exact) mass is 345 g/mol. The highest BCUT2D eigenvalue weighted by molar-refractivity contribution is 9.10. The molecule has 1 aromatic rings. The number of phenols is 1. The smallest absolute Gasteiger partial charge is 0.305 e. The van der Waals surface area contributed by atoms with Crippen LogP contribution in [-0.4, -0.2) is 30.8 Å². The molecule has 6 heteroatoms. The van der Waals surface area contributed by atoms with Crippen LogP contribution in [0, 0.1) is 0 Å². The summed E-state index contributed by atoms with van der Waals surface area (Å²) in [5.74, 6) is 0.232. The van der Waals surface area contributed by atoms with Crippen molar-refractivity contribution in [1.29, 1.82) is 0 Å². The number of ether oxygens (including phenoxy) is 2. The molecule has 1 rings (SSSR count). The van der Waals surface area contributed by atoms with E-state index in [0.717, 1.165) is 5.56 Å². The summed E-state index contributed by atoms with van der Waals surface area (Å²) in [6.45, 7) is 2.16. The Bertz CT molecular complexity index is 465. The lowest BCUT2D eigenvalue weighted by atomic mass is 10.0. The molecule has 112 valence electrons. The van der Waals surface area contributed by atoms with Crippen molar-refractivity contribution in [2.24, 2.45) is 5.73 Å². The lowest BCUT2D eigenvalue weighted by Crippen LogP contribution is -2.24. The number of methoxy groups -OCH3 is 1. The third-order valence-electron chi connectivity index (χ3n) is 2.83. The Morgan fingerprint density at radius 1 is 1.50 bits per heavy atom. The fraction of sp³-hybridized carbons (Fsp3) is 0.500. The maximum Gasteiger partial charge on any atom is 0.305 e. The molecule has 0 aliphatic heterocycles. The van der Waals surface area contributed by atoms with Gasteiger partial charge in [-0.25, -0.2) is 0 Å². The number of hydrogen-bond donors (Lipinski definition) is 2. The number of aromatic hydroxyl groups is 1. The first-order valence-electron chi connectivity index (χ1n) is 6.44. The molecule has 0 radical (unpaired) electrons. The summed E-state index contributed by atoms with van der Waals surface area (Å²) in [4.78, 5) is 11.3. The normalized spacial score (nSPS) is 12.0. The van der Waals surface area contributed by atoms with E-state index < -0.39 is 0 Å². The van der Waals surface area contributed by atoms with Gasteiger partial charge in [-0.1, -0.05) is 0 Å². The van der Waals surface area contributed by atoms with Crippen LogP contribution in [0.5, 0.6) is 11.5 Å². The summed E-state index contributed by atoms with van der Waals surface area (Å²) < 4.78 is 10.5. The van der Waals surface area contributed by atoms with Gasteiger partial charge < -0.3 is 20.3 Å². The van der Waals surface area contributed by atoms with E-state index in [2.05, 4.69) is 15.9 Å². The number of benzene rings is 1. The van der Waals surface area contributed by atoms with Crippen molar-refractivity contribution < 1.29 is 19.4 Å². The highest BCUT2D eigenvalue weighted by Crippen LogP contribution is 2.35. The van der Waals surface area contributed by atoms with E-state index in [9.17, 15) is 9.90 Å². The van der Waals surface area contributed by atoms with Gasteiger partial charge in [-0.2, -0.15) is 0 Å². The number of phenolic OH excluding ortho intramolecular Hbond substituents is 1. The van der Waals surface area contributed by atoms with E-state index in [0.29, 0.717) is 36.1 Å². The molecule has 0 aliphatic rings. The minimum absolute atomic E-state index is 0.0661. The van der Waals surface area contributed by atoms with E-state index >= 15 is 0 Å². The summed E-state index contributed by atoms with van der Waals surface area (Å²) in [6.07, 6.45) is 1.46. The summed E-state index contributed by atoms with van der Waals surface area (Å²) in [5, 5.41) is 9.73. The van der Waals surface area contributed by atoms with Crippen molar-refractivity contribution in [2.45, 2.75) is 32.2 Å². The Kier molecular flexibility index (Phi) is 6.81. The Morgan fingerprint density at radius 3 is 2.80 bits per heavy atom. The maximum absolute atomic E-state index is 11.3.